The van der Waals surface area contributed by atoms with Crippen molar-refractivity contribution in [1.82, 2.24) is 10.1 Å². The summed E-state index contributed by atoms with van der Waals surface area (Å²) in [7, 11) is 0. The fourth-order valence-electron chi connectivity index (χ4n) is 6.39. The van der Waals surface area contributed by atoms with E-state index in [2.05, 4.69) is 10.0 Å². The Hall–Kier alpha value is -2.47. The van der Waals surface area contributed by atoms with E-state index in [0.29, 0.717) is 39.5 Å². The minimum Gasteiger partial charge on any atom is -0.382 e. The van der Waals surface area contributed by atoms with Crippen molar-refractivity contribution >= 4 is 50.4 Å². The van der Waals surface area contributed by atoms with E-state index >= 15 is 0 Å². The molecule has 2 heterocycles. The largest absolute Gasteiger partial charge is 0.382 e. The van der Waals surface area contributed by atoms with Crippen LogP contribution in [0.4, 0.5) is 5.69 Å². The van der Waals surface area contributed by atoms with Crippen molar-refractivity contribution in [2.24, 2.45) is 11.8 Å². The van der Waals surface area contributed by atoms with E-state index in [9.17, 15) is 5.11 Å². The van der Waals surface area contributed by atoms with Gasteiger partial charge in [0.1, 0.15) is 22.1 Å². The molecule has 3 aliphatic carbocycles. The molecule has 4 atom stereocenters. The standard InChI is InChI=1S/C29H25Cl2N3O3S/c1-32-18-9-10-23-24(13-18)38-28(33-23)29(35)16-7-8-17(29)12-19(11-16)36-14-20-26(34-37-27(20)15-5-6-15)25-21(30)3-2-4-22(25)31/h2-4,9-10,13,15-17,19,35H,5-8,11-12,14H2/t16-,17+,19?,29?. The molecule has 0 saturated heterocycles. The number of aliphatic hydroxyl groups is 1. The van der Waals surface area contributed by atoms with Crippen LogP contribution in [0, 0.1) is 18.4 Å². The highest BCUT2D eigenvalue weighted by Crippen LogP contribution is 2.57. The average molecular weight is 567 g/mol. The zero-order chi connectivity index (χ0) is 26.0. The first-order valence-electron chi connectivity index (χ1n) is 13.0. The molecule has 0 radical (unpaired) electrons. The van der Waals surface area contributed by atoms with E-state index in [1.54, 1.807) is 6.07 Å². The molecule has 3 aliphatic rings. The molecule has 2 bridgehead atoms. The Balaban J connectivity index is 1.13. The number of hydrogen-bond acceptors (Lipinski definition) is 6. The number of thiazole rings is 1. The Morgan fingerprint density at radius 2 is 1.84 bits per heavy atom. The SMILES string of the molecule is [C-]#[N+]c1ccc2nc(C3(O)[C@@H]4CC[C@H]3CC(OCc3c(-c5c(Cl)cccc5Cl)noc3C3CC3)C4)sc2c1. The topological polar surface area (TPSA) is 72.7 Å². The Kier molecular flexibility index (Phi) is 6.03. The van der Waals surface area contributed by atoms with Crippen molar-refractivity contribution in [1.29, 1.82) is 0 Å². The summed E-state index contributed by atoms with van der Waals surface area (Å²) in [6.45, 7) is 7.66. The van der Waals surface area contributed by atoms with Crippen LogP contribution in [0.3, 0.4) is 0 Å². The normalized spacial score (nSPS) is 26.6. The first-order chi connectivity index (χ1) is 18.5. The quantitative estimate of drug-likeness (QED) is 0.238. The van der Waals surface area contributed by atoms with Crippen molar-refractivity contribution < 1.29 is 14.4 Å². The number of rotatable bonds is 6. The Morgan fingerprint density at radius 1 is 1.11 bits per heavy atom. The molecule has 0 amide bonds. The second-order valence-electron chi connectivity index (χ2n) is 10.7. The molecule has 7 rings (SSSR count). The third-order valence-electron chi connectivity index (χ3n) is 8.48. The van der Waals surface area contributed by atoms with Crippen LogP contribution in [0.15, 0.2) is 40.9 Å². The Bertz CT molecular complexity index is 1550. The van der Waals surface area contributed by atoms with Gasteiger partial charge in [-0.3, -0.25) is 0 Å². The number of halogens is 2. The highest BCUT2D eigenvalue weighted by atomic mass is 35.5. The van der Waals surface area contributed by atoms with Crippen LogP contribution in [0.2, 0.25) is 10.0 Å². The van der Waals surface area contributed by atoms with Crippen LogP contribution in [0.25, 0.3) is 26.3 Å². The molecule has 2 aromatic carbocycles. The number of hydrogen-bond donors (Lipinski definition) is 1. The second kappa shape index (κ2) is 9.32. The molecule has 6 nitrogen and oxygen atoms in total. The molecule has 38 heavy (non-hydrogen) atoms. The molecule has 3 fully saturated rings. The molecule has 0 aliphatic heterocycles. The maximum Gasteiger partial charge on any atom is 0.188 e. The van der Waals surface area contributed by atoms with Crippen LogP contribution in [-0.4, -0.2) is 21.4 Å². The zero-order valence-corrected chi connectivity index (χ0v) is 22.8. The lowest BCUT2D eigenvalue weighted by atomic mass is 9.73. The van der Waals surface area contributed by atoms with Gasteiger partial charge in [-0.1, -0.05) is 40.5 Å². The predicted molar refractivity (Wildman–Crippen MR) is 148 cm³/mol. The van der Waals surface area contributed by atoms with E-state index < -0.39 is 5.60 Å². The van der Waals surface area contributed by atoms with Gasteiger partial charge in [0.2, 0.25) is 0 Å². The summed E-state index contributed by atoms with van der Waals surface area (Å²) in [5.41, 5.74) is 2.75. The van der Waals surface area contributed by atoms with Crippen molar-refractivity contribution in [3.8, 4) is 11.3 Å². The van der Waals surface area contributed by atoms with Crippen LogP contribution < -0.4 is 0 Å². The first-order valence-corrected chi connectivity index (χ1v) is 14.6. The first kappa shape index (κ1) is 24.6. The van der Waals surface area contributed by atoms with E-state index in [0.717, 1.165) is 65.1 Å². The van der Waals surface area contributed by atoms with Gasteiger partial charge < -0.3 is 14.4 Å². The van der Waals surface area contributed by atoms with Gasteiger partial charge in [0.25, 0.3) is 0 Å². The number of fused-ring (bicyclic) bond motifs is 3. The second-order valence-corrected chi connectivity index (χ2v) is 12.6. The molecule has 0 spiro atoms. The van der Waals surface area contributed by atoms with Crippen molar-refractivity contribution in [3.63, 3.8) is 0 Å². The predicted octanol–water partition coefficient (Wildman–Crippen LogP) is 8.28. The maximum absolute atomic E-state index is 12.0. The summed E-state index contributed by atoms with van der Waals surface area (Å²) < 4.78 is 13.3. The van der Waals surface area contributed by atoms with Crippen molar-refractivity contribution in [2.75, 3.05) is 0 Å². The molecular formula is C29H25Cl2N3O3S. The summed E-state index contributed by atoms with van der Waals surface area (Å²) in [6, 6.07) is 11.0. The van der Waals surface area contributed by atoms with Crippen LogP contribution in [0.5, 0.6) is 0 Å². The Labute approximate surface area is 234 Å². The summed E-state index contributed by atoms with van der Waals surface area (Å²) in [5, 5.41) is 18.2. The van der Waals surface area contributed by atoms with E-state index in [1.807, 2.05) is 30.3 Å². The van der Waals surface area contributed by atoms with Crippen LogP contribution >= 0.6 is 34.5 Å². The summed E-state index contributed by atoms with van der Waals surface area (Å²) in [5.74, 6) is 1.40. The average Bonchev–Trinajstić information content (AvgIpc) is 3.50. The lowest BCUT2D eigenvalue weighted by Gasteiger charge is -2.41. The maximum atomic E-state index is 12.0. The lowest BCUT2D eigenvalue weighted by Crippen LogP contribution is -2.44. The van der Waals surface area contributed by atoms with Crippen molar-refractivity contribution in [3.05, 3.63) is 74.2 Å². The van der Waals surface area contributed by atoms with Gasteiger partial charge in [0, 0.05) is 21.7 Å². The van der Waals surface area contributed by atoms with Crippen LogP contribution in [-0.2, 0) is 16.9 Å². The molecule has 194 valence electrons. The van der Waals surface area contributed by atoms with Gasteiger partial charge in [-0.05, 0) is 74.6 Å². The van der Waals surface area contributed by atoms with Gasteiger partial charge >= 0.3 is 0 Å². The van der Waals surface area contributed by atoms with Crippen LogP contribution in [0.1, 0.15) is 60.8 Å². The third-order valence-corrected chi connectivity index (χ3v) is 10.3. The van der Waals surface area contributed by atoms with Gasteiger partial charge in [-0.2, -0.15) is 0 Å². The van der Waals surface area contributed by atoms with E-state index in [4.69, 9.17) is 44.0 Å². The highest BCUT2D eigenvalue weighted by Gasteiger charge is 2.56. The number of ether oxygens (including phenoxy) is 1. The molecule has 1 N–H and O–H groups in total. The van der Waals surface area contributed by atoms with Gasteiger partial charge in [0.15, 0.2) is 5.69 Å². The molecule has 4 aromatic rings. The fourth-order valence-corrected chi connectivity index (χ4v) is 8.21. The highest BCUT2D eigenvalue weighted by molar-refractivity contribution is 7.18. The fraction of sp³-hybridized carbons (Fsp3) is 0.414. The third kappa shape index (κ3) is 3.97. The molecule has 9 heteroatoms. The molecule has 3 saturated carbocycles. The molecule has 2 unspecified atom stereocenters. The lowest BCUT2D eigenvalue weighted by molar-refractivity contribution is -0.116. The van der Waals surface area contributed by atoms with E-state index in [1.165, 1.54) is 11.3 Å². The number of nitrogens with zero attached hydrogens (tertiary/aromatic N) is 3. The summed E-state index contributed by atoms with van der Waals surface area (Å²) in [4.78, 5) is 8.35. The van der Waals surface area contributed by atoms with Gasteiger partial charge in [-0.15, -0.1) is 11.3 Å². The summed E-state index contributed by atoms with van der Waals surface area (Å²) >= 11 is 14.6. The number of aromatic nitrogens is 2. The molecule has 2 aromatic heterocycles. The monoisotopic (exact) mass is 565 g/mol. The summed E-state index contributed by atoms with van der Waals surface area (Å²) in [6.07, 6.45) is 5.62. The van der Waals surface area contributed by atoms with Gasteiger partial charge in [-0.25, -0.2) is 9.83 Å². The number of benzene rings is 2. The minimum absolute atomic E-state index is 0.0207. The smallest absolute Gasteiger partial charge is 0.188 e. The Morgan fingerprint density at radius 3 is 2.53 bits per heavy atom. The van der Waals surface area contributed by atoms with Gasteiger partial charge in [0.05, 0.1) is 34.8 Å². The molecular weight excluding hydrogens is 541 g/mol. The zero-order valence-electron chi connectivity index (χ0n) is 20.5. The minimum atomic E-state index is -0.950. The van der Waals surface area contributed by atoms with Crippen molar-refractivity contribution in [2.45, 2.75) is 62.8 Å². The van der Waals surface area contributed by atoms with E-state index in [-0.39, 0.29) is 17.9 Å².